The number of ether oxygens (including phenoxy) is 1. The van der Waals surface area contributed by atoms with Crippen molar-refractivity contribution in [1.82, 2.24) is 9.80 Å². The number of carbonyl (C=O) groups is 1. The largest absolute Gasteiger partial charge is 0.504 e. The number of nitrogens with zero attached hydrogens (tertiary/aromatic N) is 2. The summed E-state index contributed by atoms with van der Waals surface area (Å²) < 4.78 is 11.7. The fourth-order valence-corrected chi connectivity index (χ4v) is 7.67. The number of amides is 1. The molecule has 1 aromatic heterocycles. The minimum Gasteiger partial charge on any atom is -0.504 e. The Kier molecular flexibility index (Phi) is 4.53. The Hall–Kier alpha value is -2.77. The number of hydrogen-bond donors (Lipinski definition) is 2. The Morgan fingerprint density at radius 1 is 1.26 bits per heavy atom. The van der Waals surface area contributed by atoms with E-state index >= 15 is 0 Å². The normalized spacial score (nSPS) is 35.1. The van der Waals surface area contributed by atoms with Gasteiger partial charge in [-0.25, -0.2) is 0 Å². The molecule has 2 aromatic rings. The lowest BCUT2D eigenvalue weighted by molar-refractivity contribution is -0.200. The van der Waals surface area contributed by atoms with E-state index in [1.807, 2.05) is 19.2 Å². The van der Waals surface area contributed by atoms with E-state index in [1.165, 1.54) is 18.4 Å². The highest BCUT2D eigenvalue weighted by Gasteiger charge is 2.73. The number of hydrogen-bond acceptors (Lipinski definition) is 6. The lowest BCUT2D eigenvalue weighted by Gasteiger charge is -2.64. The summed E-state index contributed by atoms with van der Waals surface area (Å²) in [4.78, 5) is 17.5. The third kappa shape index (κ3) is 2.88. The van der Waals surface area contributed by atoms with Crippen LogP contribution in [0.5, 0.6) is 11.5 Å². The van der Waals surface area contributed by atoms with Crippen LogP contribution in [0.3, 0.4) is 0 Å². The van der Waals surface area contributed by atoms with Gasteiger partial charge in [-0.1, -0.05) is 6.07 Å². The number of rotatable bonds is 5. The number of aliphatic hydroxyl groups is 1. The van der Waals surface area contributed by atoms with Crippen LogP contribution in [-0.2, 0) is 16.6 Å². The van der Waals surface area contributed by atoms with Crippen LogP contribution in [0.15, 0.2) is 41.2 Å². The Labute approximate surface area is 205 Å². The van der Waals surface area contributed by atoms with E-state index in [4.69, 9.17) is 9.15 Å². The maximum atomic E-state index is 13.2. The first-order valence-electron chi connectivity index (χ1n) is 12.9. The molecule has 3 heterocycles. The topological polar surface area (TPSA) is 86.4 Å². The van der Waals surface area contributed by atoms with Gasteiger partial charge >= 0.3 is 0 Å². The van der Waals surface area contributed by atoms with E-state index in [0.717, 1.165) is 43.0 Å². The summed E-state index contributed by atoms with van der Waals surface area (Å²) in [5.74, 6) is 1.28. The fraction of sp³-hybridized carbons (Fsp3) is 0.536. The number of phenolic OH excluding ortho intramolecular Hbond substituents is 1. The highest BCUT2D eigenvalue weighted by Crippen LogP contribution is 2.66. The van der Waals surface area contributed by atoms with Crippen LogP contribution in [0.25, 0.3) is 6.08 Å². The first-order chi connectivity index (χ1) is 16.9. The number of likely N-dealkylation sites (tertiary alicyclic amines) is 1. The lowest BCUT2D eigenvalue weighted by atomic mass is 9.48. The molecule has 1 saturated heterocycles. The molecule has 0 radical (unpaired) electrons. The summed E-state index contributed by atoms with van der Waals surface area (Å²) in [5.41, 5.74) is 1.44. The molecule has 7 rings (SSSR count). The number of aromatic hydroxyl groups is 1. The van der Waals surface area contributed by atoms with Crippen LogP contribution < -0.4 is 4.74 Å². The average molecular weight is 477 g/mol. The van der Waals surface area contributed by atoms with Crippen molar-refractivity contribution in [2.45, 2.75) is 67.7 Å². The Morgan fingerprint density at radius 2 is 2.11 bits per heavy atom. The van der Waals surface area contributed by atoms with E-state index in [-0.39, 0.29) is 23.7 Å². The molecule has 1 aromatic carbocycles. The number of furan rings is 1. The van der Waals surface area contributed by atoms with Crippen LogP contribution in [0, 0.1) is 5.92 Å². The van der Waals surface area contributed by atoms with E-state index < -0.39 is 17.1 Å². The summed E-state index contributed by atoms with van der Waals surface area (Å²) in [6, 6.07) is 5.38. The molecule has 0 unspecified atom stereocenters. The van der Waals surface area contributed by atoms with Crippen molar-refractivity contribution in [3.63, 3.8) is 0 Å². The second-order valence-corrected chi connectivity index (χ2v) is 11.2. The highest BCUT2D eigenvalue weighted by atomic mass is 16.5. The number of phenols is 1. The molecule has 5 aliphatic rings. The number of benzene rings is 1. The van der Waals surface area contributed by atoms with Crippen molar-refractivity contribution in [2.24, 2.45) is 5.92 Å². The molecular formula is C28H32N2O5. The molecule has 7 nitrogen and oxygen atoms in total. The number of piperidine rings is 1. The van der Waals surface area contributed by atoms with Crippen molar-refractivity contribution < 1.29 is 24.2 Å². The summed E-state index contributed by atoms with van der Waals surface area (Å²) in [6.07, 6.45) is 11.5. The molecule has 2 N–H and O–H groups in total. The molecule has 1 amide bonds. The van der Waals surface area contributed by atoms with E-state index in [0.29, 0.717) is 18.6 Å². The number of likely N-dealkylation sites (N-methyl/N-ethyl adjacent to an activating group) is 1. The van der Waals surface area contributed by atoms with Gasteiger partial charge in [0.25, 0.3) is 0 Å². The molecule has 2 saturated carbocycles. The van der Waals surface area contributed by atoms with E-state index in [1.54, 1.807) is 35.6 Å². The van der Waals surface area contributed by atoms with Crippen molar-refractivity contribution in [3.05, 3.63) is 53.5 Å². The standard InChI is InChI=1S/C28H32N2O5/c1-29(23(32)7-4-18-9-13-34-16-18)20-8-10-28(33)22-14-19-5-6-21(31)25-24(19)27(28,26(20)35-25)11-12-30(22)15-17-2-3-17/h4-7,9,13,16-17,20,22,26,31,33H,2-3,8,10-12,14-15H2,1H3/b7-4+/t20-,22-,26+,27+,28-/m0/s1. The van der Waals surface area contributed by atoms with Crippen LogP contribution in [0.2, 0.25) is 0 Å². The van der Waals surface area contributed by atoms with Gasteiger partial charge in [-0.3, -0.25) is 9.69 Å². The maximum absolute atomic E-state index is 13.2. The van der Waals surface area contributed by atoms with Gasteiger partial charge < -0.3 is 24.3 Å². The second-order valence-electron chi connectivity index (χ2n) is 11.2. The SMILES string of the molecule is CN(C(=O)/C=C/c1ccoc1)[C@H]1CC[C@]2(O)[C@@H]3Cc4ccc(O)c5c4[C@]2(CCN3CC2CC2)[C@@H]1O5. The zero-order valence-electron chi connectivity index (χ0n) is 20.0. The number of carbonyl (C=O) groups excluding carboxylic acids is 1. The monoisotopic (exact) mass is 476 g/mol. The molecule has 7 heteroatoms. The summed E-state index contributed by atoms with van der Waals surface area (Å²) in [6.45, 7) is 1.96. The summed E-state index contributed by atoms with van der Waals surface area (Å²) in [7, 11) is 1.82. The van der Waals surface area contributed by atoms with E-state index in [2.05, 4.69) is 4.90 Å². The molecule has 1 spiro atoms. The third-order valence-electron chi connectivity index (χ3n) is 9.54. The Morgan fingerprint density at radius 3 is 2.89 bits per heavy atom. The third-order valence-corrected chi connectivity index (χ3v) is 9.54. The Balaban J connectivity index is 1.28. The fourth-order valence-electron chi connectivity index (χ4n) is 7.67. The predicted molar refractivity (Wildman–Crippen MR) is 129 cm³/mol. The molecule has 3 aliphatic carbocycles. The lowest BCUT2D eigenvalue weighted by Crippen LogP contribution is -2.78. The van der Waals surface area contributed by atoms with Crippen LogP contribution in [0.1, 0.15) is 48.8 Å². The minimum absolute atomic E-state index is 0.0360. The Bertz CT molecular complexity index is 1200. The molecular weight excluding hydrogens is 444 g/mol. The smallest absolute Gasteiger partial charge is 0.246 e. The molecule has 3 fully saturated rings. The van der Waals surface area contributed by atoms with Crippen LogP contribution in [-0.4, -0.2) is 69.8 Å². The van der Waals surface area contributed by atoms with Gasteiger partial charge in [0, 0.05) is 36.8 Å². The quantitative estimate of drug-likeness (QED) is 0.645. The van der Waals surface area contributed by atoms with Gasteiger partial charge in [0.15, 0.2) is 11.5 Å². The first-order valence-corrected chi connectivity index (χ1v) is 12.9. The molecule has 2 bridgehead atoms. The van der Waals surface area contributed by atoms with Crippen molar-refractivity contribution in [3.8, 4) is 11.5 Å². The second kappa shape index (κ2) is 7.37. The van der Waals surface area contributed by atoms with Gasteiger partial charge in [-0.05, 0) is 74.8 Å². The zero-order chi connectivity index (χ0) is 23.9. The van der Waals surface area contributed by atoms with Gasteiger partial charge in [-0.2, -0.15) is 0 Å². The van der Waals surface area contributed by atoms with Gasteiger partial charge in [0.05, 0.1) is 29.6 Å². The van der Waals surface area contributed by atoms with Gasteiger partial charge in [0.1, 0.15) is 6.10 Å². The zero-order valence-corrected chi connectivity index (χ0v) is 20.0. The predicted octanol–water partition coefficient (Wildman–Crippen LogP) is 3.09. The molecule has 35 heavy (non-hydrogen) atoms. The van der Waals surface area contributed by atoms with Crippen LogP contribution >= 0.6 is 0 Å². The maximum Gasteiger partial charge on any atom is 0.246 e. The van der Waals surface area contributed by atoms with Gasteiger partial charge in [0.2, 0.25) is 5.91 Å². The van der Waals surface area contributed by atoms with Crippen LogP contribution in [0.4, 0.5) is 0 Å². The summed E-state index contributed by atoms with van der Waals surface area (Å²) >= 11 is 0. The molecule has 184 valence electrons. The molecule has 5 atom stereocenters. The first kappa shape index (κ1) is 21.5. The van der Waals surface area contributed by atoms with Crippen molar-refractivity contribution in [2.75, 3.05) is 20.1 Å². The highest BCUT2D eigenvalue weighted by molar-refractivity contribution is 5.91. The summed E-state index contributed by atoms with van der Waals surface area (Å²) in [5, 5.41) is 23.3. The van der Waals surface area contributed by atoms with Crippen molar-refractivity contribution in [1.29, 1.82) is 0 Å². The van der Waals surface area contributed by atoms with Gasteiger partial charge in [-0.15, -0.1) is 0 Å². The van der Waals surface area contributed by atoms with Crippen molar-refractivity contribution >= 4 is 12.0 Å². The van der Waals surface area contributed by atoms with E-state index in [9.17, 15) is 15.0 Å². The minimum atomic E-state index is -0.941. The molecule has 2 aliphatic heterocycles. The average Bonchev–Trinajstić information content (AvgIpc) is 3.36.